The maximum Gasteiger partial charge on any atom is 0.472 e. The van der Waals surface area contributed by atoms with Gasteiger partial charge in [-0.1, -0.05) is 116 Å². The smallest absolute Gasteiger partial charge is 0.462 e. The molecule has 0 bridgehead atoms. The van der Waals surface area contributed by atoms with Gasteiger partial charge >= 0.3 is 35.4 Å². The minimum absolute atomic E-state index is 0.00577. The van der Waals surface area contributed by atoms with E-state index in [2.05, 4.69) is 28.6 Å². The molecule has 0 aromatic carbocycles. The first-order valence-electron chi connectivity index (χ1n) is 20.4. The zero-order valence-electron chi connectivity index (χ0n) is 33.6. The lowest BCUT2D eigenvalue weighted by Crippen LogP contribution is -2.65. The third-order valence-corrected chi connectivity index (χ3v) is 11.8. The first kappa shape index (κ1) is 55.5. The maximum atomic E-state index is 13.0. The Morgan fingerprint density at radius 1 is 0.534 bits per heavy atom. The molecular weight excluding hydrogens is 849 g/mol. The number of esters is 2. The second-order valence-electron chi connectivity index (χ2n) is 14.7. The average Bonchev–Trinajstić information content (AvgIpc) is 3.14. The molecule has 23 heteroatoms. The summed E-state index contributed by atoms with van der Waals surface area (Å²) >= 11 is 4.19. The summed E-state index contributed by atoms with van der Waals surface area (Å²) in [6.07, 6.45) is 4.45. The van der Waals surface area contributed by atoms with Crippen molar-refractivity contribution in [3.05, 3.63) is 0 Å². The second-order valence-corrected chi connectivity index (χ2v) is 18.9. The molecule has 1 aliphatic carbocycles. The van der Waals surface area contributed by atoms with Crippen LogP contribution in [0.15, 0.2) is 0 Å². The maximum absolute atomic E-state index is 13.0. The summed E-state index contributed by atoms with van der Waals surface area (Å²) in [5.41, 5.74) is 0. The number of ether oxygens (including phenoxy) is 2. The van der Waals surface area contributed by atoms with Gasteiger partial charge < -0.3 is 49.3 Å². The van der Waals surface area contributed by atoms with Crippen LogP contribution in [0, 0.1) is 0 Å². The fourth-order valence-electron chi connectivity index (χ4n) is 6.39. The Bertz CT molecular complexity index is 1230. The molecule has 8 atom stereocenters. The van der Waals surface area contributed by atoms with Gasteiger partial charge in [0, 0.05) is 12.8 Å². The Morgan fingerprint density at radius 3 is 1.29 bits per heavy atom. The van der Waals surface area contributed by atoms with Crippen molar-refractivity contribution < 1.29 is 90.6 Å². The molecule has 4 unspecified atom stereocenters. The SMILES string of the molecule is CCCCCCCCCCCCCCCC(=O)O[C@@H](COC(=O)CCCCCCCCCS)COP(=O)(O)OC1C(O)[C@@H](OP(=O)(O)O)C(O)[C@@H](OP(=O)(O)O)[C@H]1O. The molecule has 0 amide bonds. The van der Waals surface area contributed by atoms with Gasteiger partial charge in [0.05, 0.1) is 6.61 Å². The number of phosphoric ester groups is 3. The lowest BCUT2D eigenvalue weighted by molar-refractivity contribution is -0.213. The molecule has 0 heterocycles. The van der Waals surface area contributed by atoms with Gasteiger partial charge in [-0.2, -0.15) is 12.6 Å². The van der Waals surface area contributed by atoms with E-state index in [0.29, 0.717) is 12.8 Å². The van der Waals surface area contributed by atoms with Gasteiger partial charge in [0.1, 0.15) is 43.2 Å². The van der Waals surface area contributed by atoms with Crippen LogP contribution in [0.4, 0.5) is 0 Å². The highest BCUT2D eigenvalue weighted by molar-refractivity contribution is 7.80. The quantitative estimate of drug-likeness (QED) is 0.0163. The number of rotatable bonds is 35. The summed E-state index contributed by atoms with van der Waals surface area (Å²) in [5, 5.41) is 31.7. The average molecular weight is 919 g/mol. The summed E-state index contributed by atoms with van der Waals surface area (Å²) in [5.74, 6) is -0.487. The molecular formula is C35H69O19P3S. The molecule has 0 saturated heterocycles. The van der Waals surface area contributed by atoms with Crippen molar-refractivity contribution in [1.29, 1.82) is 0 Å². The third kappa shape index (κ3) is 26.8. The van der Waals surface area contributed by atoms with Crippen molar-refractivity contribution in [2.45, 2.75) is 191 Å². The summed E-state index contributed by atoms with van der Waals surface area (Å²) in [4.78, 5) is 72.7. The summed E-state index contributed by atoms with van der Waals surface area (Å²) in [6, 6.07) is 0. The van der Waals surface area contributed by atoms with E-state index in [0.717, 1.165) is 76.4 Å². The van der Waals surface area contributed by atoms with Crippen LogP contribution in [0.3, 0.4) is 0 Å². The van der Waals surface area contributed by atoms with Crippen molar-refractivity contribution in [2.75, 3.05) is 19.0 Å². The number of phosphoric acid groups is 3. The lowest BCUT2D eigenvalue weighted by Gasteiger charge is -2.44. The largest absolute Gasteiger partial charge is 0.472 e. The second kappa shape index (κ2) is 30.5. The van der Waals surface area contributed by atoms with Gasteiger partial charge in [0.25, 0.3) is 0 Å². The number of unbranched alkanes of at least 4 members (excludes halogenated alkanes) is 18. The van der Waals surface area contributed by atoms with E-state index in [9.17, 15) is 63.1 Å². The standard InChI is InChI=1S/C35H69O19P3S/c1-2-3-4-5-6-7-8-9-10-11-13-17-20-23-29(37)51-27(25-49-28(36)22-19-16-14-12-15-18-21-24-58)26-50-57(47,48)54-35-31(39)33(52-55(41,42)43)30(38)34(32(35)40)53-56(44,45)46/h27,30-35,38-40,58H,2-26H2,1H3,(H,47,48)(H2,41,42,43)(H2,44,45,46)/t27-,30?,31+,32?,33+,34-,35?/m0/s1. The van der Waals surface area contributed by atoms with E-state index in [1.165, 1.54) is 44.9 Å². The third-order valence-electron chi connectivity index (χ3n) is 9.47. The fourth-order valence-corrected chi connectivity index (χ4v) is 8.72. The van der Waals surface area contributed by atoms with Crippen LogP contribution in [0.5, 0.6) is 0 Å². The molecule has 0 aromatic rings. The van der Waals surface area contributed by atoms with Crippen molar-refractivity contribution in [3.63, 3.8) is 0 Å². The van der Waals surface area contributed by atoms with Crippen molar-refractivity contribution >= 4 is 48.0 Å². The fraction of sp³-hybridized carbons (Fsp3) is 0.943. The van der Waals surface area contributed by atoms with Gasteiger partial charge in [-0.25, -0.2) is 13.7 Å². The van der Waals surface area contributed by atoms with Gasteiger partial charge in [0.15, 0.2) is 6.10 Å². The molecule has 0 aliphatic heterocycles. The molecule has 19 nitrogen and oxygen atoms in total. The number of thiol groups is 1. The normalized spacial score (nSPS) is 23.0. The summed E-state index contributed by atoms with van der Waals surface area (Å²) in [6.45, 7) is 0.692. The van der Waals surface area contributed by atoms with Gasteiger partial charge in [0.2, 0.25) is 0 Å². The Kier molecular flexibility index (Phi) is 29.2. The van der Waals surface area contributed by atoms with Crippen LogP contribution in [0.25, 0.3) is 0 Å². The van der Waals surface area contributed by atoms with E-state index in [4.69, 9.17) is 18.5 Å². The van der Waals surface area contributed by atoms with Crippen LogP contribution in [-0.2, 0) is 50.9 Å². The molecule has 58 heavy (non-hydrogen) atoms. The highest BCUT2D eigenvalue weighted by atomic mass is 32.1. The first-order chi connectivity index (χ1) is 27.3. The van der Waals surface area contributed by atoms with Crippen LogP contribution in [0.2, 0.25) is 0 Å². The molecule has 1 aliphatic rings. The molecule has 8 N–H and O–H groups in total. The topological polar surface area (TPSA) is 303 Å². The Labute approximate surface area is 347 Å². The van der Waals surface area contributed by atoms with Crippen molar-refractivity contribution in [3.8, 4) is 0 Å². The lowest BCUT2D eigenvalue weighted by atomic mass is 9.85. The molecule has 0 radical (unpaired) electrons. The van der Waals surface area contributed by atoms with Crippen LogP contribution >= 0.6 is 36.1 Å². The van der Waals surface area contributed by atoms with E-state index in [-0.39, 0.29) is 12.8 Å². The molecule has 0 spiro atoms. The molecule has 1 fully saturated rings. The highest BCUT2D eigenvalue weighted by Gasteiger charge is 2.56. The van der Waals surface area contributed by atoms with Crippen LogP contribution in [-0.4, -0.2) is 113 Å². The molecule has 0 aromatic heterocycles. The monoisotopic (exact) mass is 918 g/mol. The van der Waals surface area contributed by atoms with Crippen LogP contribution < -0.4 is 0 Å². The number of hydrogen-bond donors (Lipinski definition) is 9. The van der Waals surface area contributed by atoms with E-state index >= 15 is 0 Å². The summed E-state index contributed by atoms with van der Waals surface area (Å²) < 4.78 is 65.1. The number of aliphatic hydroxyl groups excluding tert-OH is 3. The Hall–Kier alpha value is -0.500. The number of aliphatic hydroxyl groups is 3. The Morgan fingerprint density at radius 2 is 0.897 bits per heavy atom. The summed E-state index contributed by atoms with van der Waals surface area (Å²) in [7, 11) is -16.6. The first-order valence-corrected chi connectivity index (χ1v) is 25.6. The highest BCUT2D eigenvalue weighted by Crippen LogP contribution is 2.51. The van der Waals surface area contributed by atoms with Gasteiger partial charge in [-0.3, -0.25) is 27.7 Å². The predicted molar refractivity (Wildman–Crippen MR) is 214 cm³/mol. The zero-order valence-corrected chi connectivity index (χ0v) is 37.2. The minimum Gasteiger partial charge on any atom is -0.462 e. The van der Waals surface area contributed by atoms with E-state index < -0.39 is 91.3 Å². The van der Waals surface area contributed by atoms with Crippen molar-refractivity contribution in [1.82, 2.24) is 0 Å². The molecule has 1 saturated carbocycles. The van der Waals surface area contributed by atoms with Crippen molar-refractivity contribution in [2.24, 2.45) is 0 Å². The van der Waals surface area contributed by atoms with Gasteiger partial charge in [-0.05, 0) is 25.0 Å². The van der Waals surface area contributed by atoms with E-state index in [1.807, 2.05) is 0 Å². The predicted octanol–water partition coefficient (Wildman–Crippen LogP) is 5.53. The minimum atomic E-state index is -5.54. The van der Waals surface area contributed by atoms with E-state index in [1.54, 1.807) is 0 Å². The van der Waals surface area contributed by atoms with Crippen LogP contribution in [0.1, 0.15) is 148 Å². The molecule has 1 rings (SSSR count). The molecule has 344 valence electrons. The van der Waals surface area contributed by atoms with Gasteiger partial charge in [-0.15, -0.1) is 0 Å². The number of carbonyl (C=O) groups excluding carboxylic acids is 2. The number of hydrogen-bond acceptors (Lipinski definition) is 15. The Balaban J connectivity index is 2.82. The zero-order chi connectivity index (χ0) is 43.6. The number of carbonyl (C=O) groups is 2.